The number of nitrogens with zero attached hydrogens (tertiary/aromatic N) is 2. The van der Waals surface area contributed by atoms with Gasteiger partial charge in [-0.05, 0) is 25.5 Å². The van der Waals surface area contributed by atoms with Gasteiger partial charge in [0, 0.05) is 12.7 Å². The fourth-order valence-electron chi connectivity index (χ4n) is 0.917. The highest BCUT2D eigenvalue weighted by molar-refractivity contribution is 4.90. The Morgan fingerprint density at radius 2 is 2.31 bits per heavy atom. The van der Waals surface area contributed by atoms with Crippen molar-refractivity contribution in [2.24, 2.45) is 4.99 Å². The molecule has 0 radical (unpaired) electrons. The first-order valence-corrected chi connectivity index (χ1v) is 4.25. The van der Waals surface area contributed by atoms with Crippen molar-refractivity contribution in [3.63, 3.8) is 0 Å². The van der Waals surface area contributed by atoms with Gasteiger partial charge in [-0.3, -0.25) is 4.99 Å². The molecule has 1 unspecified atom stereocenters. The largest absolute Gasteiger partial charge is 0.427 e. The maximum absolute atomic E-state index is 9.24. The molecule has 1 aromatic rings. The molecule has 1 rings (SSSR count). The third-order valence-corrected chi connectivity index (χ3v) is 1.64. The van der Waals surface area contributed by atoms with Crippen LogP contribution in [0, 0.1) is 0 Å². The van der Waals surface area contributed by atoms with E-state index in [0.29, 0.717) is 18.5 Å². The zero-order chi connectivity index (χ0) is 9.68. The quantitative estimate of drug-likeness (QED) is 0.665. The lowest BCUT2D eigenvalue weighted by Gasteiger charge is -2.00. The molecule has 0 spiro atoms. The van der Waals surface area contributed by atoms with Crippen molar-refractivity contribution in [1.29, 1.82) is 0 Å². The van der Waals surface area contributed by atoms with Gasteiger partial charge >= 0.3 is 0 Å². The minimum Gasteiger partial charge on any atom is -0.427 e. The molecule has 1 heterocycles. The molecule has 0 amide bonds. The van der Waals surface area contributed by atoms with E-state index in [1.54, 1.807) is 25.1 Å². The first-order chi connectivity index (χ1) is 6.20. The van der Waals surface area contributed by atoms with Crippen LogP contribution in [0.1, 0.15) is 13.3 Å². The zero-order valence-electron chi connectivity index (χ0n) is 7.59. The topological polar surface area (TPSA) is 57.8 Å². The van der Waals surface area contributed by atoms with E-state index >= 15 is 0 Å². The van der Waals surface area contributed by atoms with Gasteiger partial charge < -0.3 is 10.3 Å². The van der Waals surface area contributed by atoms with Crippen LogP contribution in [0.25, 0.3) is 0 Å². The molecule has 1 atom stereocenters. The lowest BCUT2D eigenvalue weighted by Crippen LogP contribution is -2.18. The molecule has 0 bridgehead atoms. The number of aliphatic hydroxyl groups excluding tert-OH is 1. The summed E-state index contributed by atoms with van der Waals surface area (Å²) in [6.07, 6.45) is 1.77. The predicted octanol–water partition coefficient (Wildman–Crippen LogP) is 0.397. The van der Waals surface area contributed by atoms with Gasteiger partial charge in [0.1, 0.15) is 0 Å². The van der Waals surface area contributed by atoms with Crippen LogP contribution < -0.4 is 5.49 Å². The summed E-state index contributed by atoms with van der Waals surface area (Å²) >= 11 is 0. The molecular formula is C9H14N2O2. The SMILES string of the molecule is CC(O)CCN=c1ccccn1O. The van der Waals surface area contributed by atoms with Gasteiger partial charge in [0.25, 0.3) is 0 Å². The first kappa shape index (κ1) is 9.80. The van der Waals surface area contributed by atoms with Crippen molar-refractivity contribution in [1.82, 2.24) is 4.73 Å². The Morgan fingerprint density at radius 1 is 1.54 bits per heavy atom. The number of hydrogen-bond donors (Lipinski definition) is 2. The van der Waals surface area contributed by atoms with Gasteiger partial charge in [-0.2, -0.15) is 4.73 Å². The van der Waals surface area contributed by atoms with Crippen LogP contribution in [0.3, 0.4) is 0 Å². The Balaban J connectivity index is 2.66. The molecule has 0 saturated carbocycles. The lowest BCUT2D eigenvalue weighted by molar-refractivity contribution is 0.169. The van der Waals surface area contributed by atoms with Crippen LogP contribution in [-0.2, 0) is 0 Å². The summed E-state index contributed by atoms with van der Waals surface area (Å²) < 4.78 is 0.960. The van der Waals surface area contributed by atoms with Gasteiger partial charge in [-0.15, -0.1) is 0 Å². The zero-order valence-corrected chi connectivity index (χ0v) is 7.59. The molecule has 4 heteroatoms. The van der Waals surface area contributed by atoms with Gasteiger partial charge in [-0.1, -0.05) is 6.07 Å². The summed E-state index contributed by atoms with van der Waals surface area (Å²) in [6.45, 7) is 2.23. The molecule has 0 fully saturated rings. The normalized spacial score (nSPS) is 14.5. The third kappa shape index (κ3) is 3.29. The monoisotopic (exact) mass is 182 g/mol. The summed E-state index contributed by atoms with van der Waals surface area (Å²) in [5, 5.41) is 18.2. The average Bonchev–Trinajstić information content (AvgIpc) is 2.08. The molecule has 13 heavy (non-hydrogen) atoms. The van der Waals surface area contributed by atoms with Crippen LogP contribution in [0.4, 0.5) is 0 Å². The summed E-state index contributed by atoms with van der Waals surface area (Å²) in [5.74, 6) is 0. The molecule has 72 valence electrons. The Kier molecular flexibility index (Phi) is 3.52. The fourth-order valence-corrected chi connectivity index (χ4v) is 0.917. The van der Waals surface area contributed by atoms with Crippen LogP contribution in [0.5, 0.6) is 0 Å². The Labute approximate surface area is 76.8 Å². The molecule has 0 aliphatic rings. The van der Waals surface area contributed by atoms with E-state index < -0.39 is 0 Å². The molecule has 0 aliphatic heterocycles. The molecular weight excluding hydrogens is 168 g/mol. The minimum atomic E-state index is -0.348. The second-order valence-corrected chi connectivity index (χ2v) is 2.92. The smallest absolute Gasteiger partial charge is 0.163 e. The van der Waals surface area contributed by atoms with Crippen molar-refractivity contribution in [2.45, 2.75) is 19.4 Å². The standard InChI is InChI=1S/C9H14N2O2/c1-8(12)5-6-10-9-4-2-3-7-11(9)13/h2-4,7-8,12-13H,5-6H2,1H3. The molecule has 0 aromatic carbocycles. The van der Waals surface area contributed by atoms with E-state index in [1.807, 2.05) is 0 Å². The van der Waals surface area contributed by atoms with E-state index in [9.17, 15) is 5.21 Å². The predicted molar refractivity (Wildman–Crippen MR) is 48.3 cm³/mol. The Hall–Kier alpha value is -1.29. The van der Waals surface area contributed by atoms with Gasteiger partial charge in [0.05, 0.1) is 6.10 Å². The third-order valence-electron chi connectivity index (χ3n) is 1.64. The van der Waals surface area contributed by atoms with Gasteiger partial charge in [0.15, 0.2) is 5.49 Å². The van der Waals surface area contributed by atoms with Crippen LogP contribution in [0.15, 0.2) is 29.4 Å². The molecule has 4 nitrogen and oxygen atoms in total. The maximum Gasteiger partial charge on any atom is 0.163 e. The first-order valence-electron chi connectivity index (χ1n) is 4.25. The highest BCUT2D eigenvalue weighted by Crippen LogP contribution is 1.88. The molecule has 1 aromatic heterocycles. The Bertz CT molecular complexity index is 317. The highest BCUT2D eigenvalue weighted by atomic mass is 16.5. The second-order valence-electron chi connectivity index (χ2n) is 2.92. The Morgan fingerprint density at radius 3 is 2.92 bits per heavy atom. The highest BCUT2D eigenvalue weighted by Gasteiger charge is 1.93. The van der Waals surface area contributed by atoms with E-state index in [-0.39, 0.29) is 6.10 Å². The second kappa shape index (κ2) is 4.67. The van der Waals surface area contributed by atoms with Crippen molar-refractivity contribution in [3.8, 4) is 0 Å². The number of aromatic nitrogens is 1. The fraction of sp³-hybridized carbons (Fsp3) is 0.444. The maximum atomic E-state index is 9.24. The number of pyridine rings is 1. The molecule has 2 N–H and O–H groups in total. The average molecular weight is 182 g/mol. The van der Waals surface area contributed by atoms with Crippen molar-refractivity contribution >= 4 is 0 Å². The minimum absolute atomic E-state index is 0.348. The van der Waals surface area contributed by atoms with Gasteiger partial charge in [0.2, 0.25) is 0 Å². The number of hydrogen-bond acceptors (Lipinski definition) is 3. The van der Waals surface area contributed by atoms with Crippen molar-refractivity contribution in [2.75, 3.05) is 6.54 Å². The number of aliphatic hydroxyl groups is 1. The van der Waals surface area contributed by atoms with E-state index in [4.69, 9.17) is 5.11 Å². The lowest BCUT2D eigenvalue weighted by atomic mass is 10.3. The summed E-state index contributed by atoms with van der Waals surface area (Å²) in [4.78, 5) is 4.10. The van der Waals surface area contributed by atoms with Crippen LogP contribution in [-0.4, -0.2) is 27.7 Å². The van der Waals surface area contributed by atoms with Gasteiger partial charge in [-0.25, -0.2) is 0 Å². The summed E-state index contributed by atoms with van der Waals surface area (Å²) in [6, 6.07) is 5.23. The van der Waals surface area contributed by atoms with E-state index in [0.717, 1.165) is 4.73 Å². The molecule has 0 saturated heterocycles. The number of rotatable bonds is 3. The molecule has 0 aliphatic carbocycles. The summed E-state index contributed by atoms with van der Waals surface area (Å²) in [7, 11) is 0. The van der Waals surface area contributed by atoms with Crippen molar-refractivity contribution < 1.29 is 10.3 Å². The van der Waals surface area contributed by atoms with Crippen LogP contribution >= 0.6 is 0 Å². The van der Waals surface area contributed by atoms with Crippen LogP contribution in [0.2, 0.25) is 0 Å². The van der Waals surface area contributed by atoms with Crippen molar-refractivity contribution in [3.05, 3.63) is 29.9 Å². The summed E-state index contributed by atoms with van der Waals surface area (Å²) in [5.41, 5.74) is 0.503. The van der Waals surface area contributed by atoms with E-state index in [2.05, 4.69) is 4.99 Å². The van der Waals surface area contributed by atoms with E-state index in [1.165, 1.54) is 6.20 Å².